The van der Waals surface area contributed by atoms with E-state index in [1.165, 1.54) is 0 Å². The first-order valence-electron chi connectivity index (χ1n) is 5.21. The molecule has 0 bridgehead atoms. The molecular weight excluding hydrogens is 188 g/mol. The second-order valence-electron chi connectivity index (χ2n) is 3.35. The predicted molar refractivity (Wildman–Crippen MR) is 57.9 cm³/mol. The van der Waals surface area contributed by atoms with Crippen LogP contribution >= 0.6 is 0 Å². The summed E-state index contributed by atoms with van der Waals surface area (Å²) in [5, 5.41) is 8.08. The Morgan fingerprint density at radius 3 is 2.60 bits per heavy atom. The molecular formula is C11H14N4. The standard InChI is InChI=1S/C11H14N4/c1-3-9-6-5-7-11(12-9)15-8-10(4-2)13-14-15/h5-8H,3-4H2,1-2H3. The van der Waals surface area contributed by atoms with E-state index in [1.54, 1.807) is 4.68 Å². The molecule has 0 aliphatic carbocycles. The quantitative estimate of drug-likeness (QED) is 0.762. The van der Waals surface area contributed by atoms with E-state index in [4.69, 9.17) is 0 Å². The normalized spacial score (nSPS) is 10.5. The highest BCUT2D eigenvalue weighted by molar-refractivity contribution is 5.23. The number of rotatable bonds is 3. The topological polar surface area (TPSA) is 43.6 Å². The first-order chi connectivity index (χ1) is 7.33. The van der Waals surface area contributed by atoms with Crippen molar-refractivity contribution in [3.63, 3.8) is 0 Å². The van der Waals surface area contributed by atoms with E-state index in [0.717, 1.165) is 30.0 Å². The highest BCUT2D eigenvalue weighted by Gasteiger charge is 2.02. The first kappa shape index (κ1) is 9.83. The molecule has 15 heavy (non-hydrogen) atoms. The van der Waals surface area contributed by atoms with E-state index in [0.29, 0.717) is 0 Å². The van der Waals surface area contributed by atoms with Gasteiger partial charge in [0.2, 0.25) is 0 Å². The molecule has 2 aromatic rings. The lowest BCUT2D eigenvalue weighted by Gasteiger charge is -2.00. The summed E-state index contributed by atoms with van der Waals surface area (Å²) in [6.07, 6.45) is 3.75. The number of hydrogen-bond donors (Lipinski definition) is 0. The number of nitrogens with zero attached hydrogens (tertiary/aromatic N) is 4. The highest BCUT2D eigenvalue weighted by Crippen LogP contribution is 2.05. The van der Waals surface area contributed by atoms with Crippen molar-refractivity contribution in [1.29, 1.82) is 0 Å². The van der Waals surface area contributed by atoms with Gasteiger partial charge in [-0.05, 0) is 25.0 Å². The monoisotopic (exact) mass is 202 g/mol. The second kappa shape index (κ2) is 4.21. The molecule has 2 heterocycles. The van der Waals surface area contributed by atoms with E-state index >= 15 is 0 Å². The van der Waals surface area contributed by atoms with E-state index < -0.39 is 0 Å². The van der Waals surface area contributed by atoms with Gasteiger partial charge in [-0.2, -0.15) is 0 Å². The zero-order valence-electron chi connectivity index (χ0n) is 9.01. The van der Waals surface area contributed by atoms with Gasteiger partial charge in [-0.15, -0.1) is 5.10 Å². The lowest BCUT2D eigenvalue weighted by Crippen LogP contribution is -2.00. The minimum atomic E-state index is 0.835. The van der Waals surface area contributed by atoms with Crippen LogP contribution in [-0.4, -0.2) is 20.0 Å². The summed E-state index contributed by atoms with van der Waals surface area (Å²) in [6.45, 7) is 4.15. The maximum Gasteiger partial charge on any atom is 0.155 e. The Hall–Kier alpha value is -1.71. The van der Waals surface area contributed by atoms with Crippen molar-refractivity contribution < 1.29 is 0 Å². The third kappa shape index (κ3) is 2.03. The van der Waals surface area contributed by atoms with Crippen LogP contribution < -0.4 is 0 Å². The van der Waals surface area contributed by atoms with Crippen LogP contribution in [0.15, 0.2) is 24.4 Å². The van der Waals surface area contributed by atoms with Crippen molar-refractivity contribution in [2.45, 2.75) is 26.7 Å². The zero-order chi connectivity index (χ0) is 10.7. The maximum atomic E-state index is 4.47. The molecule has 0 N–H and O–H groups in total. The van der Waals surface area contributed by atoms with Gasteiger partial charge in [0.1, 0.15) is 0 Å². The van der Waals surface area contributed by atoms with Gasteiger partial charge in [0, 0.05) is 5.69 Å². The van der Waals surface area contributed by atoms with Gasteiger partial charge in [0.05, 0.1) is 11.9 Å². The highest BCUT2D eigenvalue weighted by atomic mass is 15.4. The van der Waals surface area contributed by atoms with Crippen molar-refractivity contribution in [3.05, 3.63) is 35.8 Å². The fraction of sp³-hybridized carbons (Fsp3) is 0.364. The molecule has 0 fully saturated rings. The molecule has 0 spiro atoms. The first-order valence-corrected chi connectivity index (χ1v) is 5.21. The van der Waals surface area contributed by atoms with Crippen LogP contribution in [0.25, 0.3) is 5.82 Å². The summed E-state index contributed by atoms with van der Waals surface area (Å²) < 4.78 is 1.72. The third-order valence-corrected chi connectivity index (χ3v) is 2.29. The lowest BCUT2D eigenvalue weighted by atomic mass is 10.3. The average molecular weight is 202 g/mol. The Labute approximate surface area is 89.0 Å². The molecule has 78 valence electrons. The van der Waals surface area contributed by atoms with Crippen LogP contribution in [0, 0.1) is 0 Å². The van der Waals surface area contributed by atoms with E-state index in [-0.39, 0.29) is 0 Å². The summed E-state index contributed by atoms with van der Waals surface area (Å²) in [7, 11) is 0. The van der Waals surface area contributed by atoms with Crippen molar-refractivity contribution in [2.75, 3.05) is 0 Å². The molecule has 0 aliphatic rings. The molecule has 2 aromatic heterocycles. The van der Waals surface area contributed by atoms with Crippen LogP contribution in [0.1, 0.15) is 25.2 Å². The van der Waals surface area contributed by atoms with Crippen molar-refractivity contribution in [2.24, 2.45) is 0 Å². The number of pyridine rings is 1. The number of aryl methyl sites for hydroxylation is 2. The summed E-state index contributed by atoms with van der Waals surface area (Å²) in [4.78, 5) is 4.47. The van der Waals surface area contributed by atoms with Gasteiger partial charge in [-0.25, -0.2) is 9.67 Å². The van der Waals surface area contributed by atoms with Crippen molar-refractivity contribution >= 4 is 0 Å². The molecule has 0 saturated carbocycles. The molecule has 0 radical (unpaired) electrons. The molecule has 4 nitrogen and oxygen atoms in total. The maximum absolute atomic E-state index is 4.47. The minimum absolute atomic E-state index is 0.835. The third-order valence-electron chi connectivity index (χ3n) is 2.29. The van der Waals surface area contributed by atoms with Gasteiger partial charge in [0.15, 0.2) is 5.82 Å². The molecule has 0 atom stereocenters. The smallest absolute Gasteiger partial charge is 0.155 e. The molecule has 0 aliphatic heterocycles. The van der Waals surface area contributed by atoms with Crippen LogP contribution in [0.4, 0.5) is 0 Å². The Morgan fingerprint density at radius 2 is 1.93 bits per heavy atom. The zero-order valence-corrected chi connectivity index (χ0v) is 9.01. The summed E-state index contributed by atoms with van der Waals surface area (Å²) in [6, 6.07) is 5.95. The molecule has 4 heteroatoms. The minimum Gasteiger partial charge on any atom is -0.234 e. The molecule has 0 aromatic carbocycles. The number of hydrogen-bond acceptors (Lipinski definition) is 3. The van der Waals surface area contributed by atoms with Gasteiger partial charge in [-0.1, -0.05) is 25.1 Å². The van der Waals surface area contributed by atoms with Crippen molar-refractivity contribution in [3.8, 4) is 5.82 Å². The Kier molecular flexibility index (Phi) is 2.76. The molecule has 0 saturated heterocycles. The van der Waals surface area contributed by atoms with E-state index in [2.05, 4.69) is 29.1 Å². The average Bonchev–Trinajstić information content (AvgIpc) is 2.78. The van der Waals surface area contributed by atoms with Gasteiger partial charge in [0.25, 0.3) is 0 Å². The van der Waals surface area contributed by atoms with Gasteiger partial charge in [-0.3, -0.25) is 0 Å². The lowest BCUT2D eigenvalue weighted by molar-refractivity contribution is 0.771. The van der Waals surface area contributed by atoms with Gasteiger partial charge >= 0.3 is 0 Å². The molecule has 2 rings (SSSR count). The number of aromatic nitrogens is 4. The fourth-order valence-electron chi connectivity index (χ4n) is 1.36. The summed E-state index contributed by atoms with van der Waals surface area (Å²) in [5.41, 5.74) is 2.06. The van der Waals surface area contributed by atoms with E-state index in [1.807, 2.05) is 24.4 Å². The molecule has 0 amide bonds. The van der Waals surface area contributed by atoms with Crippen LogP contribution in [0.2, 0.25) is 0 Å². The van der Waals surface area contributed by atoms with Crippen molar-refractivity contribution in [1.82, 2.24) is 20.0 Å². The summed E-state index contributed by atoms with van der Waals surface area (Å²) >= 11 is 0. The Balaban J connectivity index is 2.35. The van der Waals surface area contributed by atoms with Crippen LogP contribution in [0.5, 0.6) is 0 Å². The Morgan fingerprint density at radius 1 is 1.13 bits per heavy atom. The largest absolute Gasteiger partial charge is 0.234 e. The SMILES string of the molecule is CCc1cn(-c2cccc(CC)n2)nn1. The fourth-order valence-corrected chi connectivity index (χ4v) is 1.36. The Bertz CT molecular complexity index is 447. The van der Waals surface area contributed by atoms with Crippen LogP contribution in [-0.2, 0) is 12.8 Å². The molecule has 0 unspecified atom stereocenters. The predicted octanol–water partition coefficient (Wildman–Crippen LogP) is 1.79. The summed E-state index contributed by atoms with van der Waals surface area (Å²) in [5.74, 6) is 0.835. The van der Waals surface area contributed by atoms with Gasteiger partial charge < -0.3 is 0 Å². The van der Waals surface area contributed by atoms with E-state index in [9.17, 15) is 0 Å². The second-order valence-corrected chi connectivity index (χ2v) is 3.35. The van der Waals surface area contributed by atoms with Crippen LogP contribution in [0.3, 0.4) is 0 Å².